The van der Waals surface area contributed by atoms with Crippen LogP contribution < -0.4 is 15.0 Å². The summed E-state index contributed by atoms with van der Waals surface area (Å²) in [5.41, 5.74) is 1.17. The van der Waals surface area contributed by atoms with Crippen molar-refractivity contribution in [1.82, 2.24) is 5.32 Å². The number of nitrogens with one attached hydrogen (secondary N) is 1. The number of hydrogen-bond donors (Lipinski definition) is 1. The van der Waals surface area contributed by atoms with Gasteiger partial charge in [0.1, 0.15) is 5.75 Å². The number of rotatable bonds is 8. The Morgan fingerprint density at radius 1 is 1.28 bits per heavy atom. The first-order valence-electron chi connectivity index (χ1n) is 6.70. The fourth-order valence-corrected chi connectivity index (χ4v) is 1.63. The molecule has 0 spiro atoms. The summed E-state index contributed by atoms with van der Waals surface area (Å²) in [6.07, 6.45) is 1.04. The van der Waals surface area contributed by atoms with E-state index in [9.17, 15) is 0 Å². The van der Waals surface area contributed by atoms with Crippen molar-refractivity contribution in [1.29, 1.82) is 0 Å². The SMILES string of the molecule is CC(C)CNCCCOc1cccc(N(C)C)c1. The lowest BCUT2D eigenvalue weighted by atomic mass is 10.2. The lowest BCUT2D eigenvalue weighted by Crippen LogP contribution is -2.22. The maximum Gasteiger partial charge on any atom is 0.121 e. The first kappa shape index (κ1) is 14.8. The first-order valence-corrected chi connectivity index (χ1v) is 6.70. The Balaban J connectivity index is 2.21. The number of nitrogens with zero attached hydrogens (tertiary/aromatic N) is 1. The molecule has 0 aliphatic rings. The average molecular weight is 250 g/mol. The lowest BCUT2D eigenvalue weighted by Gasteiger charge is -2.14. The zero-order valence-electron chi connectivity index (χ0n) is 12.1. The van der Waals surface area contributed by atoms with E-state index >= 15 is 0 Å². The summed E-state index contributed by atoms with van der Waals surface area (Å²) >= 11 is 0. The summed E-state index contributed by atoms with van der Waals surface area (Å²) in [7, 11) is 4.07. The minimum Gasteiger partial charge on any atom is -0.493 e. The summed E-state index contributed by atoms with van der Waals surface area (Å²) in [5.74, 6) is 1.66. The molecule has 0 heterocycles. The van der Waals surface area contributed by atoms with E-state index in [2.05, 4.69) is 36.2 Å². The molecule has 0 aromatic heterocycles. The highest BCUT2D eigenvalue weighted by Gasteiger charge is 1.98. The summed E-state index contributed by atoms with van der Waals surface area (Å²) < 4.78 is 5.74. The van der Waals surface area contributed by atoms with E-state index in [4.69, 9.17) is 4.74 Å². The van der Waals surface area contributed by atoms with Crippen LogP contribution in [0.15, 0.2) is 24.3 Å². The van der Waals surface area contributed by atoms with Gasteiger partial charge in [-0.2, -0.15) is 0 Å². The van der Waals surface area contributed by atoms with Gasteiger partial charge in [0.05, 0.1) is 6.61 Å². The maximum absolute atomic E-state index is 5.74. The number of anilines is 1. The molecule has 0 saturated heterocycles. The minimum absolute atomic E-state index is 0.711. The van der Waals surface area contributed by atoms with Crippen LogP contribution in [0.2, 0.25) is 0 Å². The summed E-state index contributed by atoms with van der Waals surface area (Å²) in [6.45, 7) is 7.30. The van der Waals surface area contributed by atoms with Crippen LogP contribution in [0.1, 0.15) is 20.3 Å². The number of ether oxygens (including phenoxy) is 1. The third-order valence-corrected chi connectivity index (χ3v) is 2.65. The van der Waals surface area contributed by atoms with Crippen LogP contribution in [0.5, 0.6) is 5.75 Å². The third-order valence-electron chi connectivity index (χ3n) is 2.65. The Morgan fingerprint density at radius 3 is 2.72 bits per heavy atom. The van der Waals surface area contributed by atoms with Crippen molar-refractivity contribution in [2.24, 2.45) is 5.92 Å². The summed E-state index contributed by atoms with van der Waals surface area (Å²) in [5, 5.41) is 3.41. The van der Waals surface area contributed by atoms with E-state index < -0.39 is 0 Å². The van der Waals surface area contributed by atoms with E-state index in [-0.39, 0.29) is 0 Å². The lowest BCUT2D eigenvalue weighted by molar-refractivity contribution is 0.307. The fraction of sp³-hybridized carbons (Fsp3) is 0.600. The van der Waals surface area contributed by atoms with Gasteiger partial charge in [-0.05, 0) is 37.6 Å². The summed E-state index contributed by atoms with van der Waals surface area (Å²) in [6, 6.07) is 8.19. The van der Waals surface area contributed by atoms with E-state index in [1.54, 1.807) is 0 Å². The molecule has 1 N–H and O–H groups in total. The van der Waals surface area contributed by atoms with Gasteiger partial charge in [0.15, 0.2) is 0 Å². The smallest absolute Gasteiger partial charge is 0.121 e. The molecular formula is C15H26N2O. The Hall–Kier alpha value is -1.22. The molecule has 3 nitrogen and oxygen atoms in total. The van der Waals surface area contributed by atoms with Crippen LogP contribution in [-0.2, 0) is 0 Å². The average Bonchev–Trinajstić information content (AvgIpc) is 2.33. The standard InChI is InChI=1S/C15H26N2O/c1-13(2)12-16-9-6-10-18-15-8-5-7-14(11-15)17(3)4/h5,7-8,11,13,16H,6,9-10,12H2,1-4H3. The van der Waals surface area contributed by atoms with Crippen molar-refractivity contribution in [3.63, 3.8) is 0 Å². The second kappa shape index (κ2) is 7.98. The van der Waals surface area contributed by atoms with Gasteiger partial charge < -0.3 is 15.0 Å². The van der Waals surface area contributed by atoms with Crippen LogP contribution in [0.3, 0.4) is 0 Å². The summed E-state index contributed by atoms with van der Waals surface area (Å²) in [4.78, 5) is 2.08. The first-order chi connectivity index (χ1) is 8.59. The molecule has 102 valence electrons. The molecule has 0 saturated carbocycles. The fourth-order valence-electron chi connectivity index (χ4n) is 1.63. The van der Waals surface area contributed by atoms with Gasteiger partial charge in [-0.3, -0.25) is 0 Å². The monoisotopic (exact) mass is 250 g/mol. The highest BCUT2D eigenvalue weighted by molar-refractivity contribution is 5.49. The van der Waals surface area contributed by atoms with Gasteiger partial charge in [-0.15, -0.1) is 0 Å². The van der Waals surface area contributed by atoms with Crippen molar-refractivity contribution in [3.8, 4) is 5.75 Å². The molecule has 0 unspecified atom stereocenters. The molecule has 0 bridgehead atoms. The van der Waals surface area contributed by atoms with Gasteiger partial charge >= 0.3 is 0 Å². The second-order valence-electron chi connectivity index (χ2n) is 5.19. The molecule has 1 aromatic carbocycles. The minimum atomic E-state index is 0.711. The molecule has 0 aliphatic carbocycles. The molecule has 0 radical (unpaired) electrons. The normalized spacial score (nSPS) is 10.7. The Bertz CT molecular complexity index is 337. The van der Waals surface area contributed by atoms with Crippen LogP contribution >= 0.6 is 0 Å². The van der Waals surface area contributed by atoms with Crippen LogP contribution in [-0.4, -0.2) is 33.8 Å². The van der Waals surface area contributed by atoms with Gasteiger partial charge in [0.2, 0.25) is 0 Å². The van der Waals surface area contributed by atoms with Crippen molar-refractivity contribution in [2.45, 2.75) is 20.3 Å². The van der Waals surface area contributed by atoms with Gasteiger partial charge in [0.25, 0.3) is 0 Å². The highest BCUT2D eigenvalue weighted by atomic mass is 16.5. The molecular weight excluding hydrogens is 224 g/mol. The van der Waals surface area contributed by atoms with Crippen molar-refractivity contribution in [2.75, 3.05) is 38.7 Å². The second-order valence-corrected chi connectivity index (χ2v) is 5.19. The van der Waals surface area contributed by atoms with Crippen LogP contribution in [0, 0.1) is 5.92 Å². The molecule has 0 atom stereocenters. The Morgan fingerprint density at radius 2 is 2.06 bits per heavy atom. The van der Waals surface area contributed by atoms with Gasteiger partial charge in [0, 0.05) is 25.8 Å². The molecule has 1 aromatic rings. The Kier molecular flexibility index (Phi) is 6.58. The molecule has 0 aliphatic heterocycles. The molecule has 0 fully saturated rings. The topological polar surface area (TPSA) is 24.5 Å². The molecule has 3 heteroatoms. The van der Waals surface area contributed by atoms with E-state index in [0.717, 1.165) is 31.9 Å². The quantitative estimate of drug-likeness (QED) is 0.718. The molecule has 18 heavy (non-hydrogen) atoms. The predicted octanol–water partition coefficient (Wildman–Crippen LogP) is 2.77. The van der Waals surface area contributed by atoms with Crippen molar-refractivity contribution < 1.29 is 4.74 Å². The maximum atomic E-state index is 5.74. The zero-order chi connectivity index (χ0) is 13.4. The largest absolute Gasteiger partial charge is 0.493 e. The van der Waals surface area contributed by atoms with Crippen molar-refractivity contribution in [3.05, 3.63) is 24.3 Å². The highest BCUT2D eigenvalue weighted by Crippen LogP contribution is 2.19. The van der Waals surface area contributed by atoms with E-state index in [1.807, 2.05) is 26.2 Å². The van der Waals surface area contributed by atoms with Crippen molar-refractivity contribution >= 4 is 5.69 Å². The van der Waals surface area contributed by atoms with Crippen LogP contribution in [0.4, 0.5) is 5.69 Å². The van der Waals surface area contributed by atoms with Crippen LogP contribution in [0.25, 0.3) is 0 Å². The molecule has 0 amide bonds. The number of hydrogen-bond acceptors (Lipinski definition) is 3. The number of benzene rings is 1. The third kappa shape index (κ3) is 5.92. The zero-order valence-corrected chi connectivity index (χ0v) is 12.1. The Labute approximate surface area is 111 Å². The van der Waals surface area contributed by atoms with E-state index in [0.29, 0.717) is 5.92 Å². The van der Waals surface area contributed by atoms with Gasteiger partial charge in [-0.25, -0.2) is 0 Å². The van der Waals surface area contributed by atoms with E-state index in [1.165, 1.54) is 5.69 Å². The van der Waals surface area contributed by atoms with Gasteiger partial charge in [-0.1, -0.05) is 19.9 Å². The predicted molar refractivity (Wildman–Crippen MR) is 78.6 cm³/mol. The molecule has 1 rings (SSSR count).